The van der Waals surface area contributed by atoms with Crippen molar-refractivity contribution in [3.8, 4) is 11.5 Å². The SMILES string of the molecule is COc1ccc(C=NC(C[N+](=O)[O-])c2ccc(OC)cc2)cc1. The molecule has 0 spiro atoms. The van der Waals surface area contributed by atoms with Crippen molar-refractivity contribution >= 4 is 6.21 Å². The van der Waals surface area contributed by atoms with Crippen LogP contribution in [0.4, 0.5) is 0 Å². The molecule has 2 aromatic rings. The molecule has 0 aliphatic heterocycles. The predicted molar refractivity (Wildman–Crippen MR) is 88.2 cm³/mol. The highest BCUT2D eigenvalue weighted by molar-refractivity contribution is 5.80. The molecule has 2 rings (SSSR count). The minimum atomic E-state index is -0.544. The third-order valence-electron chi connectivity index (χ3n) is 3.34. The minimum absolute atomic E-state index is 0.265. The van der Waals surface area contributed by atoms with E-state index >= 15 is 0 Å². The van der Waals surface area contributed by atoms with Gasteiger partial charge in [-0.2, -0.15) is 0 Å². The zero-order chi connectivity index (χ0) is 16.7. The van der Waals surface area contributed by atoms with Gasteiger partial charge in [0.05, 0.1) is 14.2 Å². The summed E-state index contributed by atoms with van der Waals surface area (Å²) in [6.07, 6.45) is 1.64. The van der Waals surface area contributed by atoms with E-state index in [9.17, 15) is 10.1 Å². The van der Waals surface area contributed by atoms with Crippen molar-refractivity contribution in [2.24, 2.45) is 4.99 Å². The van der Waals surface area contributed by atoms with Gasteiger partial charge in [0.15, 0.2) is 0 Å². The molecule has 6 heteroatoms. The Balaban J connectivity index is 2.19. The molecule has 0 bridgehead atoms. The van der Waals surface area contributed by atoms with Crippen LogP contribution >= 0.6 is 0 Å². The van der Waals surface area contributed by atoms with E-state index in [0.717, 1.165) is 16.9 Å². The second kappa shape index (κ2) is 7.93. The van der Waals surface area contributed by atoms with Gasteiger partial charge in [0, 0.05) is 11.1 Å². The van der Waals surface area contributed by atoms with E-state index in [-0.39, 0.29) is 11.5 Å². The molecule has 0 N–H and O–H groups in total. The standard InChI is InChI=1S/C17H18N2O4/c1-22-15-7-3-13(4-8-15)11-18-17(12-19(20)21)14-5-9-16(23-2)10-6-14/h3-11,17H,12H2,1-2H3. The van der Waals surface area contributed by atoms with E-state index in [1.807, 2.05) is 24.3 Å². The zero-order valence-corrected chi connectivity index (χ0v) is 13.0. The second-order valence-corrected chi connectivity index (χ2v) is 4.86. The maximum atomic E-state index is 10.9. The van der Waals surface area contributed by atoms with Crippen LogP contribution < -0.4 is 9.47 Å². The number of ether oxygens (including phenoxy) is 2. The number of nitro groups is 1. The van der Waals surface area contributed by atoms with Crippen LogP contribution in [0.15, 0.2) is 53.5 Å². The Morgan fingerprint density at radius 2 is 1.57 bits per heavy atom. The summed E-state index contributed by atoms with van der Waals surface area (Å²) in [6, 6.07) is 13.9. The molecule has 0 aliphatic rings. The monoisotopic (exact) mass is 314 g/mol. The largest absolute Gasteiger partial charge is 0.497 e. The van der Waals surface area contributed by atoms with Gasteiger partial charge in [-0.1, -0.05) is 12.1 Å². The number of aliphatic imine (C=N–C) groups is 1. The molecule has 0 radical (unpaired) electrons. The molecule has 1 unspecified atom stereocenters. The summed E-state index contributed by atoms with van der Waals surface area (Å²) in [5, 5.41) is 10.9. The summed E-state index contributed by atoms with van der Waals surface area (Å²) in [7, 11) is 3.17. The average molecular weight is 314 g/mol. The van der Waals surface area contributed by atoms with E-state index in [1.165, 1.54) is 0 Å². The Morgan fingerprint density at radius 1 is 1.04 bits per heavy atom. The van der Waals surface area contributed by atoms with E-state index in [4.69, 9.17) is 9.47 Å². The van der Waals surface area contributed by atoms with Crippen molar-refractivity contribution < 1.29 is 14.4 Å². The molecule has 23 heavy (non-hydrogen) atoms. The third-order valence-corrected chi connectivity index (χ3v) is 3.34. The predicted octanol–water partition coefficient (Wildman–Crippen LogP) is 3.14. The van der Waals surface area contributed by atoms with Gasteiger partial charge in [-0.05, 0) is 47.5 Å². The lowest BCUT2D eigenvalue weighted by atomic mass is 10.1. The van der Waals surface area contributed by atoms with Crippen LogP contribution in [0.3, 0.4) is 0 Å². The smallest absolute Gasteiger partial charge is 0.230 e. The topological polar surface area (TPSA) is 74.0 Å². The second-order valence-electron chi connectivity index (χ2n) is 4.86. The van der Waals surface area contributed by atoms with Crippen molar-refractivity contribution in [3.05, 3.63) is 69.8 Å². The summed E-state index contributed by atoms with van der Waals surface area (Å²) in [4.78, 5) is 14.9. The Labute approximate surface area is 134 Å². The fourth-order valence-corrected chi connectivity index (χ4v) is 2.07. The molecule has 6 nitrogen and oxygen atoms in total. The summed E-state index contributed by atoms with van der Waals surface area (Å²) >= 11 is 0. The van der Waals surface area contributed by atoms with Crippen molar-refractivity contribution in [2.75, 3.05) is 20.8 Å². The lowest BCUT2D eigenvalue weighted by molar-refractivity contribution is -0.483. The summed E-state index contributed by atoms with van der Waals surface area (Å²) < 4.78 is 10.2. The molecule has 0 aliphatic carbocycles. The first-order valence-corrected chi connectivity index (χ1v) is 7.05. The molecule has 1 atom stereocenters. The summed E-state index contributed by atoms with van der Waals surface area (Å²) in [5.41, 5.74) is 1.62. The molecular formula is C17H18N2O4. The van der Waals surface area contributed by atoms with Crippen LogP contribution in [0.5, 0.6) is 11.5 Å². The van der Waals surface area contributed by atoms with Crippen LogP contribution in [0.1, 0.15) is 17.2 Å². The van der Waals surface area contributed by atoms with Crippen molar-refractivity contribution in [1.29, 1.82) is 0 Å². The summed E-state index contributed by atoms with van der Waals surface area (Å²) in [6.45, 7) is -0.265. The van der Waals surface area contributed by atoms with Crippen molar-refractivity contribution in [2.45, 2.75) is 6.04 Å². The highest BCUT2D eigenvalue weighted by Crippen LogP contribution is 2.21. The van der Waals surface area contributed by atoms with E-state index in [2.05, 4.69) is 4.99 Å². The molecule has 0 fully saturated rings. The molecule has 0 saturated carbocycles. The number of methoxy groups -OCH3 is 2. The zero-order valence-electron chi connectivity index (χ0n) is 13.0. The maximum absolute atomic E-state index is 10.9. The van der Waals surface area contributed by atoms with Gasteiger partial charge in [-0.15, -0.1) is 0 Å². The first-order valence-electron chi connectivity index (χ1n) is 7.05. The number of rotatable bonds is 7. The van der Waals surface area contributed by atoms with Gasteiger partial charge in [0.25, 0.3) is 0 Å². The van der Waals surface area contributed by atoms with Crippen LogP contribution in [-0.2, 0) is 0 Å². The first kappa shape index (κ1) is 16.5. The van der Waals surface area contributed by atoms with Crippen LogP contribution in [0, 0.1) is 10.1 Å². The molecule has 120 valence electrons. The Hall–Kier alpha value is -2.89. The van der Waals surface area contributed by atoms with Gasteiger partial charge in [-0.25, -0.2) is 0 Å². The summed E-state index contributed by atoms with van der Waals surface area (Å²) in [5.74, 6) is 1.45. The van der Waals surface area contributed by atoms with Gasteiger partial charge in [0.1, 0.15) is 17.5 Å². The third kappa shape index (κ3) is 4.81. The number of benzene rings is 2. The first-order chi connectivity index (χ1) is 11.1. The lowest BCUT2D eigenvalue weighted by Crippen LogP contribution is -2.11. The van der Waals surface area contributed by atoms with Gasteiger partial charge in [-0.3, -0.25) is 15.1 Å². The van der Waals surface area contributed by atoms with Crippen LogP contribution in [-0.4, -0.2) is 31.9 Å². The minimum Gasteiger partial charge on any atom is -0.497 e. The molecule has 0 aromatic heterocycles. The highest BCUT2D eigenvalue weighted by Gasteiger charge is 2.16. The van der Waals surface area contributed by atoms with E-state index in [0.29, 0.717) is 5.75 Å². The molecule has 0 amide bonds. The molecule has 0 heterocycles. The Morgan fingerprint density at radius 3 is 2.04 bits per heavy atom. The van der Waals surface area contributed by atoms with Crippen molar-refractivity contribution in [1.82, 2.24) is 0 Å². The number of nitrogens with zero attached hydrogens (tertiary/aromatic N) is 2. The van der Waals surface area contributed by atoms with Gasteiger partial charge in [0.2, 0.25) is 6.54 Å². The van der Waals surface area contributed by atoms with Crippen LogP contribution in [0.2, 0.25) is 0 Å². The number of hydrogen-bond donors (Lipinski definition) is 0. The van der Waals surface area contributed by atoms with Crippen molar-refractivity contribution in [3.63, 3.8) is 0 Å². The fraction of sp³-hybridized carbons (Fsp3) is 0.235. The average Bonchev–Trinajstić information content (AvgIpc) is 2.59. The van der Waals surface area contributed by atoms with Gasteiger partial charge < -0.3 is 9.47 Å². The molecular weight excluding hydrogens is 296 g/mol. The molecule has 0 saturated heterocycles. The van der Waals surface area contributed by atoms with Gasteiger partial charge >= 0.3 is 0 Å². The fourth-order valence-electron chi connectivity index (χ4n) is 2.07. The van der Waals surface area contributed by atoms with E-state index in [1.54, 1.807) is 44.7 Å². The normalized spacial score (nSPS) is 12.1. The van der Waals surface area contributed by atoms with Crippen LogP contribution in [0.25, 0.3) is 0 Å². The van der Waals surface area contributed by atoms with E-state index < -0.39 is 6.04 Å². The quantitative estimate of drug-likeness (QED) is 0.447. The Kier molecular flexibility index (Phi) is 5.68. The molecule has 2 aromatic carbocycles. The number of hydrogen-bond acceptors (Lipinski definition) is 5. The maximum Gasteiger partial charge on any atom is 0.230 e. The lowest BCUT2D eigenvalue weighted by Gasteiger charge is -2.09. The highest BCUT2D eigenvalue weighted by atomic mass is 16.6. The Bertz CT molecular complexity index is 666.